The third-order valence-corrected chi connectivity index (χ3v) is 3.13. The average Bonchev–Trinajstić information content (AvgIpc) is 2.34. The zero-order chi connectivity index (χ0) is 13.1. The minimum atomic E-state index is -0.227. The van der Waals surface area contributed by atoms with Crippen LogP contribution in [0.5, 0.6) is 0 Å². The molecule has 1 N–H and O–H groups in total. The molecule has 0 radical (unpaired) electrons. The summed E-state index contributed by atoms with van der Waals surface area (Å²) in [4.78, 5) is 4.02. The first kappa shape index (κ1) is 12.8. The van der Waals surface area contributed by atoms with Crippen LogP contribution in [-0.2, 0) is 0 Å². The summed E-state index contributed by atoms with van der Waals surface area (Å²) < 4.78 is 13.7. The van der Waals surface area contributed by atoms with Gasteiger partial charge in [-0.25, -0.2) is 9.37 Å². The molecule has 0 bridgehead atoms. The van der Waals surface area contributed by atoms with Crippen molar-refractivity contribution in [3.63, 3.8) is 0 Å². The lowest BCUT2D eigenvalue weighted by atomic mass is 10.1. The van der Waals surface area contributed by atoms with Gasteiger partial charge in [0.05, 0.1) is 11.7 Å². The van der Waals surface area contributed by atoms with Gasteiger partial charge in [-0.2, -0.15) is 0 Å². The number of benzene rings is 1. The number of nitrogens with one attached hydrogen (secondary N) is 1. The number of anilines is 1. The summed E-state index contributed by atoms with van der Waals surface area (Å²) in [7, 11) is 0. The van der Waals surface area contributed by atoms with E-state index in [-0.39, 0.29) is 11.9 Å². The number of nitrogens with zero attached hydrogens (tertiary/aromatic N) is 1. The quantitative estimate of drug-likeness (QED) is 0.834. The van der Waals surface area contributed by atoms with Crippen LogP contribution >= 0.6 is 11.6 Å². The van der Waals surface area contributed by atoms with Crippen LogP contribution in [0, 0.1) is 12.7 Å². The smallest absolute Gasteiger partial charge is 0.152 e. The Labute approximate surface area is 111 Å². The van der Waals surface area contributed by atoms with E-state index in [1.54, 1.807) is 18.3 Å². The molecule has 0 amide bonds. The average molecular weight is 265 g/mol. The van der Waals surface area contributed by atoms with Gasteiger partial charge in [0.2, 0.25) is 0 Å². The molecule has 0 spiro atoms. The minimum Gasteiger partial charge on any atom is -0.376 e. The molecule has 0 saturated heterocycles. The van der Waals surface area contributed by atoms with Gasteiger partial charge in [-0.15, -0.1) is 0 Å². The van der Waals surface area contributed by atoms with Crippen molar-refractivity contribution in [3.05, 3.63) is 58.6 Å². The molecule has 0 aliphatic carbocycles. The summed E-state index contributed by atoms with van der Waals surface area (Å²) in [6.45, 7) is 3.82. The maximum absolute atomic E-state index is 13.7. The molecule has 2 nitrogen and oxygen atoms in total. The molecule has 2 aromatic rings. The maximum Gasteiger partial charge on any atom is 0.152 e. The number of aryl methyl sites for hydroxylation is 1. The largest absolute Gasteiger partial charge is 0.376 e. The highest BCUT2D eigenvalue weighted by molar-refractivity contribution is 6.32. The standard InChI is InChI=1S/C14H14ClFN2/c1-9-7-8-17-14(15)13(9)18-10(2)11-5-3-4-6-12(11)16/h3-8,10,18H,1-2H3. The topological polar surface area (TPSA) is 24.9 Å². The SMILES string of the molecule is Cc1ccnc(Cl)c1NC(C)c1ccccc1F. The first-order valence-electron chi connectivity index (χ1n) is 5.71. The molecule has 1 aromatic heterocycles. The van der Waals surface area contributed by atoms with Gasteiger partial charge in [0.15, 0.2) is 5.15 Å². The third-order valence-electron chi connectivity index (χ3n) is 2.85. The summed E-state index contributed by atoms with van der Waals surface area (Å²) in [5.41, 5.74) is 2.34. The Morgan fingerprint density at radius 1 is 1.28 bits per heavy atom. The molecule has 0 saturated carbocycles. The van der Waals surface area contributed by atoms with E-state index >= 15 is 0 Å². The first-order chi connectivity index (χ1) is 8.59. The van der Waals surface area contributed by atoms with Gasteiger partial charge in [0.25, 0.3) is 0 Å². The Balaban J connectivity index is 2.27. The predicted octanol–water partition coefficient (Wildman–Crippen LogP) is 4.36. The number of aromatic nitrogens is 1. The number of pyridine rings is 1. The lowest BCUT2D eigenvalue weighted by Crippen LogP contribution is -2.10. The van der Waals surface area contributed by atoms with Crippen molar-refractivity contribution in [2.75, 3.05) is 5.32 Å². The highest BCUT2D eigenvalue weighted by Crippen LogP contribution is 2.28. The van der Waals surface area contributed by atoms with Crippen LogP contribution in [0.3, 0.4) is 0 Å². The van der Waals surface area contributed by atoms with Crippen LogP contribution in [0.25, 0.3) is 0 Å². The van der Waals surface area contributed by atoms with E-state index in [1.165, 1.54) is 6.07 Å². The summed E-state index contributed by atoms with van der Waals surface area (Å²) in [6.07, 6.45) is 1.65. The summed E-state index contributed by atoms with van der Waals surface area (Å²) in [5.74, 6) is -0.227. The summed E-state index contributed by atoms with van der Waals surface area (Å²) in [6, 6.07) is 8.38. The Morgan fingerprint density at radius 2 is 2.00 bits per heavy atom. The fourth-order valence-corrected chi connectivity index (χ4v) is 2.08. The molecule has 1 aromatic carbocycles. The fraction of sp³-hybridized carbons (Fsp3) is 0.214. The molecule has 1 unspecified atom stereocenters. The van der Waals surface area contributed by atoms with Crippen LogP contribution in [0.15, 0.2) is 36.5 Å². The van der Waals surface area contributed by atoms with E-state index < -0.39 is 0 Å². The van der Waals surface area contributed by atoms with Gasteiger partial charge in [-0.05, 0) is 31.5 Å². The monoisotopic (exact) mass is 264 g/mol. The van der Waals surface area contributed by atoms with Gasteiger partial charge in [-0.3, -0.25) is 0 Å². The fourth-order valence-electron chi connectivity index (χ4n) is 1.82. The lowest BCUT2D eigenvalue weighted by Gasteiger charge is -2.18. The molecule has 0 fully saturated rings. The van der Waals surface area contributed by atoms with Gasteiger partial charge in [0.1, 0.15) is 5.82 Å². The van der Waals surface area contributed by atoms with Gasteiger partial charge >= 0.3 is 0 Å². The highest BCUT2D eigenvalue weighted by Gasteiger charge is 2.13. The Kier molecular flexibility index (Phi) is 3.82. The van der Waals surface area contributed by atoms with Crippen molar-refractivity contribution < 1.29 is 4.39 Å². The van der Waals surface area contributed by atoms with Gasteiger partial charge in [0, 0.05) is 11.8 Å². The van der Waals surface area contributed by atoms with E-state index in [4.69, 9.17) is 11.6 Å². The van der Waals surface area contributed by atoms with Crippen LogP contribution in [0.4, 0.5) is 10.1 Å². The normalized spacial score (nSPS) is 12.2. The van der Waals surface area contributed by atoms with Crippen molar-refractivity contribution in [2.45, 2.75) is 19.9 Å². The Morgan fingerprint density at radius 3 is 2.67 bits per heavy atom. The Bertz CT molecular complexity index is 537. The molecular weight excluding hydrogens is 251 g/mol. The number of rotatable bonds is 3. The molecule has 94 valence electrons. The van der Waals surface area contributed by atoms with Crippen LogP contribution in [0.2, 0.25) is 5.15 Å². The molecule has 1 atom stereocenters. The van der Waals surface area contributed by atoms with Crippen molar-refractivity contribution in [1.82, 2.24) is 4.98 Å². The molecule has 0 aliphatic heterocycles. The molecular formula is C14H14ClFN2. The van der Waals surface area contributed by atoms with E-state index in [1.807, 2.05) is 26.0 Å². The first-order valence-corrected chi connectivity index (χ1v) is 6.09. The summed E-state index contributed by atoms with van der Waals surface area (Å²) in [5, 5.41) is 3.60. The minimum absolute atomic E-state index is 0.174. The van der Waals surface area contributed by atoms with Crippen LogP contribution < -0.4 is 5.32 Å². The number of hydrogen-bond donors (Lipinski definition) is 1. The molecule has 2 rings (SSSR count). The number of halogens is 2. The zero-order valence-corrected chi connectivity index (χ0v) is 11.0. The Hall–Kier alpha value is -1.61. The number of hydrogen-bond acceptors (Lipinski definition) is 2. The molecule has 0 aliphatic rings. The lowest BCUT2D eigenvalue weighted by molar-refractivity contribution is 0.600. The maximum atomic E-state index is 13.7. The second-order valence-corrected chi connectivity index (χ2v) is 4.54. The van der Waals surface area contributed by atoms with Gasteiger partial charge in [-0.1, -0.05) is 29.8 Å². The van der Waals surface area contributed by atoms with Crippen molar-refractivity contribution in [1.29, 1.82) is 0 Å². The molecule has 4 heteroatoms. The predicted molar refractivity (Wildman–Crippen MR) is 72.4 cm³/mol. The molecule has 1 heterocycles. The highest BCUT2D eigenvalue weighted by atomic mass is 35.5. The van der Waals surface area contributed by atoms with Crippen LogP contribution in [0.1, 0.15) is 24.1 Å². The van der Waals surface area contributed by atoms with E-state index in [0.29, 0.717) is 10.7 Å². The van der Waals surface area contributed by atoms with E-state index in [0.717, 1.165) is 11.3 Å². The van der Waals surface area contributed by atoms with E-state index in [9.17, 15) is 4.39 Å². The van der Waals surface area contributed by atoms with Crippen molar-refractivity contribution in [3.8, 4) is 0 Å². The second kappa shape index (κ2) is 5.36. The van der Waals surface area contributed by atoms with Gasteiger partial charge < -0.3 is 5.32 Å². The van der Waals surface area contributed by atoms with Crippen molar-refractivity contribution in [2.24, 2.45) is 0 Å². The summed E-state index contributed by atoms with van der Waals surface area (Å²) >= 11 is 6.03. The third kappa shape index (κ3) is 2.62. The zero-order valence-electron chi connectivity index (χ0n) is 10.2. The van der Waals surface area contributed by atoms with Crippen molar-refractivity contribution >= 4 is 17.3 Å². The second-order valence-electron chi connectivity index (χ2n) is 4.18. The van der Waals surface area contributed by atoms with Crippen LogP contribution in [-0.4, -0.2) is 4.98 Å². The van der Waals surface area contributed by atoms with E-state index in [2.05, 4.69) is 10.3 Å². The molecule has 18 heavy (non-hydrogen) atoms.